The fourth-order valence-corrected chi connectivity index (χ4v) is 4.30. The Morgan fingerprint density at radius 3 is 2.81 bits per heavy atom. The molecule has 5 heteroatoms. The molecule has 0 aromatic carbocycles. The highest BCUT2D eigenvalue weighted by atomic mass is 32.1. The number of hydrogen-bond acceptors (Lipinski definition) is 5. The largest absolute Gasteiger partial charge is 0.371 e. The molecule has 2 aromatic heterocycles. The zero-order valence-corrected chi connectivity index (χ0v) is 13.8. The van der Waals surface area contributed by atoms with Crippen LogP contribution in [0.2, 0.25) is 0 Å². The minimum atomic E-state index is -0.00579. The molecule has 0 aliphatic heterocycles. The summed E-state index contributed by atoms with van der Waals surface area (Å²) >= 11 is 1.84. The molecule has 0 radical (unpaired) electrons. The first kappa shape index (κ1) is 14.7. The first-order valence-corrected chi connectivity index (χ1v) is 8.77. The van der Waals surface area contributed by atoms with Gasteiger partial charge in [0, 0.05) is 18.0 Å². The summed E-state index contributed by atoms with van der Waals surface area (Å²) in [7, 11) is 0. The van der Waals surface area contributed by atoms with Gasteiger partial charge in [0.2, 0.25) is 0 Å². The van der Waals surface area contributed by atoms with Crippen molar-refractivity contribution in [3.8, 4) is 0 Å². The summed E-state index contributed by atoms with van der Waals surface area (Å²) in [6, 6.07) is 0. The van der Waals surface area contributed by atoms with E-state index >= 15 is 0 Å². The average Bonchev–Trinajstić information content (AvgIpc) is 3.05. The molecular weight excluding hydrogens is 282 g/mol. The molecule has 0 spiro atoms. The minimum Gasteiger partial charge on any atom is -0.371 e. The van der Waals surface area contributed by atoms with Crippen LogP contribution < -0.4 is 5.32 Å². The number of aryl methyl sites for hydroxylation is 2. The monoisotopic (exact) mass is 305 g/mol. The number of nitrogens with one attached hydrogen (secondary N) is 1. The van der Waals surface area contributed by atoms with Gasteiger partial charge >= 0.3 is 0 Å². The Kier molecular flexibility index (Phi) is 4.40. The predicted octanol–water partition coefficient (Wildman–Crippen LogP) is 4.10. The number of ether oxygens (including phenoxy) is 1. The maximum absolute atomic E-state index is 5.79. The van der Waals surface area contributed by atoms with Crippen LogP contribution in [0.4, 0.5) is 5.82 Å². The third-order valence-corrected chi connectivity index (χ3v) is 5.14. The first-order chi connectivity index (χ1) is 10.3. The second kappa shape index (κ2) is 6.28. The lowest BCUT2D eigenvalue weighted by Gasteiger charge is -2.15. The van der Waals surface area contributed by atoms with Crippen molar-refractivity contribution in [2.45, 2.75) is 52.6 Å². The van der Waals surface area contributed by atoms with Gasteiger partial charge in [0.05, 0.1) is 5.39 Å². The number of rotatable bonds is 6. The molecule has 1 aliphatic carbocycles. The van der Waals surface area contributed by atoms with Gasteiger partial charge in [-0.15, -0.1) is 11.3 Å². The normalized spacial score (nSPS) is 15.4. The standard InChI is InChI=1S/C16H23N3OS/c1-4-11(20-6-3)14-18-15(17-5-2)13-10-8-7-9-12(10)21-16(13)19-14/h11H,4-9H2,1-3H3,(H,17,18,19). The van der Waals surface area contributed by atoms with Crippen LogP contribution in [0.1, 0.15) is 56.0 Å². The highest BCUT2D eigenvalue weighted by Crippen LogP contribution is 2.40. The van der Waals surface area contributed by atoms with Crippen LogP contribution in [0.15, 0.2) is 0 Å². The Balaban J connectivity index is 2.12. The van der Waals surface area contributed by atoms with E-state index in [2.05, 4.69) is 19.2 Å². The fraction of sp³-hybridized carbons (Fsp3) is 0.625. The molecule has 4 nitrogen and oxygen atoms in total. The van der Waals surface area contributed by atoms with Crippen LogP contribution in [-0.2, 0) is 17.6 Å². The summed E-state index contributed by atoms with van der Waals surface area (Å²) in [5.41, 5.74) is 1.47. The van der Waals surface area contributed by atoms with Crippen molar-refractivity contribution in [3.63, 3.8) is 0 Å². The summed E-state index contributed by atoms with van der Waals surface area (Å²) < 4.78 is 5.79. The van der Waals surface area contributed by atoms with E-state index in [1.807, 2.05) is 18.3 Å². The number of aromatic nitrogens is 2. The molecule has 1 N–H and O–H groups in total. The van der Waals surface area contributed by atoms with Gasteiger partial charge in [-0.05, 0) is 45.1 Å². The number of hydrogen-bond donors (Lipinski definition) is 1. The van der Waals surface area contributed by atoms with E-state index < -0.39 is 0 Å². The Hall–Kier alpha value is -1.20. The Labute approximate surface area is 129 Å². The van der Waals surface area contributed by atoms with Crippen molar-refractivity contribution in [2.24, 2.45) is 0 Å². The van der Waals surface area contributed by atoms with Gasteiger partial charge in [0.1, 0.15) is 16.8 Å². The van der Waals surface area contributed by atoms with Gasteiger partial charge in [-0.2, -0.15) is 0 Å². The molecule has 0 bridgehead atoms. The lowest BCUT2D eigenvalue weighted by Crippen LogP contribution is -2.10. The van der Waals surface area contributed by atoms with E-state index in [0.29, 0.717) is 6.61 Å². The number of fused-ring (bicyclic) bond motifs is 3. The number of anilines is 1. The maximum Gasteiger partial charge on any atom is 0.161 e. The summed E-state index contributed by atoms with van der Waals surface area (Å²) in [5.74, 6) is 1.82. The van der Waals surface area contributed by atoms with E-state index in [4.69, 9.17) is 14.7 Å². The molecule has 0 fully saturated rings. The molecule has 1 atom stereocenters. The lowest BCUT2D eigenvalue weighted by atomic mass is 10.1. The van der Waals surface area contributed by atoms with E-state index in [0.717, 1.165) is 29.4 Å². The van der Waals surface area contributed by atoms with Crippen LogP contribution in [-0.4, -0.2) is 23.1 Å². The molecule has 1 aliphatic rings. The smallest absolute Gasteiger partial charge is 0.161 e. The summed E-state index contributed by atoms with van der Waals surface area (Å²) in [6.07, 6.45) is 4.52. The van der Waals surface area contributed by atoms with Gasteiger partial charge in [-0.3, -0.25) is 0 Å². The van der Waals surface area contributed by atoms with Crippen molar-refractivity contribution in [1.82, 2.24) is 9.97 Å². The van der Waals surface area contributed by atoms with Crippen molar-refractivity contribution in [1.29, 1.82) is 0 Å². The lowest BCUT2D eigenvalue weighted by molar-refractivity contribution is 0.0538. The van der Waals surface area contributed by atoms with E-state index in [-0.39, 0.29) is 6.10 Å². The number of nitrogens with zero attached hydrogens (tertiary/aromatic N) is 2. The van der Waals surface area contributed by atoms with Crippen molar-refractivity contribution in [3.05, 3.63) is 16.3 Å². The van der Waals surface area contributed by atoms with Crippen LogP contribution in [0.3, 0.4) is 0 Å². The Morgan fingerprint density at radius 2 is 2.10 bits per heavy atom. The van der Waals surface area contributed by atoms with Crippen LogP contribution >= 0.6 is 11.3 Å². The molecule has 2 heterocycles. The Morgan fingerprint density at radius 1 is 1.24 bits per heavy atom. The van der Waals surface area contributed by atoms with E-state index in [1.54, 1.807) is 0 Å². The third-order valence-electron chi connectivity index (χ3n) is 3.95. The molecule has 0 saturated carbocycles. The number of thiophene rings is 1. The molecule has 21 heavy (non-hydrogen) atoms. The molecule has 0 amide bonds. The van der Waals surface area contributed by atoms with Gasteiger partial charge < -0.3 is 10.1 Å². The average molecular weight is 305 g/mol. The van der Waals surface area contributed by atoms with Crippen LogP contribution in [0.5, 0.6) is 0 Å². The summed E-state index contributed by atoms with van der Waals surface area (Å²) in [5, 5.41) is 4.68. The van der Waals surface area contributed by atoms with Crippen molar-refractivity contribution < 1.29 is 4.74 Å². The zero-order valence-electron chi connectivity index (χ0n) is 13.0. The SMILES string of the molecule is CCNc1nc(C(CC)OCC)nc2sc3c(c12)CCC3. The van der Waals surface area contributed by atoms with Crippen LogP contribution in [0.25, 0.3) is 10.2 Å². The quantitative estimate of drug-likeness (QED) is 0.873. The molecule has 2 aromatic rings. The van der Waals surface area contributed by atoms with Gasteiger partial charge in [-0.25, -0.2) is 9.97 Å². The highest BCUT2D eigenvalue weighted by Gasteiger charge is 2.24. The topological polar surface area (TPSA) is 47.0 Å². The second-order valence-electron chi connectivity index (χ2n) is 5.35. The van der Waals surface area contributed by atoms with Crippen molar-refractivity contribution in [2.75, 3.05) is 18.5 Å². The Bertz CT molecular complexity index is 638. The van der Waals surface area contributed by atoms with Crippen molar-refractivity contribution >= 4 is 27.4 Å². The second-order valence-corrected chi connectivity index (χ2v) is 6.43. The fourth-order valence-electron chi connectivity index (χ4n) is 3.03. The predicted molar refractivity (Wildman–Crippen MR) is 88.3 cm³/mol. The van der Waals surface area contributed by atoms with Gasteiger partial charge in [-0.1, -0.05) is 6.92 Å². The maximum atomic E-state index is 5.79. The molecular formula is C16H23N3OS. The minimum absolute atomic E-state index is 0.00579. The van der Waals surface area contributed by atoms with E-state index in [1.165, 1.54) is 35.1 Å². The first-order valence-electron chi connectivity index (χ1n) is 7.96. The summed E-state index contributed by atoms with van der Waals surface area (Å²) in [6.45, 7) is 7.82. The van der Waals surface area contributed by atoms with Gasteiger partial charge in [0.25, 0.3) is 0 Å². The molecule has 114 valence electrons. The van der Waals surface area contributed by atoms with Crippen LogP contribution in [0, 0.1) is 0 Å². The van der Waals surface area contributed by atoms with Gasteiger partial charge in [0.15, 0.2) is 5.82 Å². The van der Waals surface area contributed by atoms with E-state index in [9.17, 15) is 0 Å². The highest BCUT2D eigenvalue weighted by molar-refractivity contribution is 7.19. The molecule has 0 saturated heterocycles. The summed E-state index contributed by atoms with van der Waals surface area (Å²) in [4.78, 5) is 12.2. The molecule has 3 rings (SSSR count). The third kappa shape index (κ3) is 2.64. The molecule has 1 unspecified atom stereocenters. The zero-order chi connectivity index (χ0) is 14.8.